The van der Waals surface area contributed by atoms with Crippen LogP contribution in [0.25, 0.3) is 16.7 Å². The average molecular weight is 325 g/mol. The zero-order valence-corrected chi connectivity index (χ0v) is 13.1. The largest absolute Gasteiger partial charge is 0.270 e. The van der Waals surface area contributed by atoms with Crippen LogP contribution in [-0.2, 0) is 6.42 Å². The zero-order chi connectivity index (χ0) is 14.9. The number of aromatic amines is 1. The molecule has 0 aliphatic carbocycles. The first-order valence-electron chi connectivity index (χ1n) is 6.75. The van der Waals surface area contributed by atoms with E-state index >= 15 is 0 Å². The van der Waals surface area contributed by atoms with Gasteiger partial charge in [-0.2, -0.15) is 13.8 Å². The van der Waals surface area contributed by atoms with Crippen molar-refractivity contribution in [1.82, 2.24) is 23.5 Å². The first kappa shape index (κ1) is 13.3. The molecule has 2 aromatic heterocycles. The van der Waals surface area contributed by atoms with Gasteiger partial charge in [0.1, 0.15) is 16.9 Å². The Hall–Kier alpha value is -2.38. The Morgan fingerprint density at radius 2 is 1.91 bits per heavy atom. The number of H-pyrrole nitrogens is 1. The quantitative estimate of drug-likeness (QED) is 0.585. The van der Waals surface area contributed by atoms with Crippen molar-refractivity contribution in [2.45, 2.75) is 6.42 Å². The fraction of sp³-hybridized carbons (Fsp3) is 0.0667. The van der Waals surface area contributed by atoms with Crippen molar-refractivity contribution >= 4 is 35.0 Å². The molecule has 0 atom stereocenters. The van der Waals surface area contributed by atoms with Crippen LogP contribution in [0, 0.1) is 4.77 Å². The van der Waals surface area contributed by atoms with Gasteiger partial charge in [0, 0.05) is 6.42 Å². The number of hydrogen-bond donors (Lipinski definition) is 1. The third-order valence-electron chi connectivity index (χ3n) is 3.45. The second-order valence-electron chi connectivity index (χ2n) is 4.85. The molecule has 2 heterocycles. The number of aromatic nitrogens is 5. The first-order valence-corrected chi connectivity index (χ1v) is 7.88. The predicted octanol–water partition coefficient (Wildman–Crippen LogP) is 3.53. The third kappa shape index (κ3) is 2.24. The Balaban J connectivity index is 1.87. The minimum absolute atomic E-state index is 0.562. The van der Waals surface area contributed by atoms with Crippen LogP contribution in [0.15, 0.2) is 48.5 Å². The first-order chi connectivity index (χ1) is 10.8. The van der Waals surface area contributed by atoms with E-state index in [1.165, 1.54) is 17.3 Å². The summed E-state index contributed by atoms with van der Waals surface area (Å²) in [5.74, 6) is 0.858. The molecule has 5 nitrogen and oxygen atoms in total. The zero-order valence-electron chi connectivity index (χ0n) is 11.4. The lowest BCUT2D eigenvalue weighted by molar-refractivity contribution is 0.906. The Kier molecular flexibility index (Phi) is 3.28. The maximum atomic E-state index is 5.41. The van der Waals surface area contributed by atoms with E-state index in [0.717, 1.165) is 22.5 Å². The molecule has 0 saturated heterocycles. The van der Waals surface area contributed by atoms with Crippen LogP contribution in [0.2, 0.25) is 0 Å². The molecule has 0 radical (unpaired) electrons. The SMILES string of the molecule is S=c1[nH]nc(Cc2ccccc2)n1-c1cccc2nsnc12. The van der Waals surface area contributed by atoms with E-state index in [0.29, 0.717) is 11.2 Å². The fourth-order valence-corrected chi connectivity index (χ4v) is 3.24. The van der Waals surface area contributed by atoms with Gasteiger partial charge in [0.2, 0.25) is 0 Å². The lowest BCUT2D eigenvalue weighted by Gasteiger charge is -2.07. The highest BCUT2D eigenvalue weighted by Gasteiger charge is 2.13. The van der Waals surface area contributed by atoms with Gasteiger partial charge >= 0.3 is 0 Å². The molecule has 0 amide bonds. The van der Waals surface area contributed by atoms with Crippen molar-refractivity contribution in [1.29, 1.82) is 0 Å². The number of nitrogens with zero attached hydrogens (tertiary/aromatic N) is 4. The summed E-state index contributed by atoms with van der Waals surface area (Å²) in [4.78, 5) is 0. The highest BCUT2D eigenvalue weighted by Crippen LogP contribution is 2.22. The van der Waals surface area contributed by atoms with Crippen molar-refractivity contribution in [3.05, 3.63) is 64.7 Å². The molecular weight excluding hydrogens is 314 g/mol. The summed E-state index contributed by atoms with van der Waals surface area (Å²) >= 11 is 6.61. The van der Waals surface area contributed by atoms with Gasteiger partial charge in [-0.05, 0) is 29.9 Å². The van der Waals surface area contributed by atoms with E-state index < -0.39 is 0 Å². The molecular formula is C15H11N5S2. The second kappa shape index (κ2) is 5.43. The van der Waals surface area contributed by atoms with Crippen LogP contribution in [0.4, 0.5) is 0 Å². The highest BCUT2D eigenvalue weighted by atomic mass is 32.1. The molecule has 0 unspecified atom stereocenters. The molecule has 108 valence electrons. The summed E-state index contributed by atoms with van der Waals surface area (Å²) in [5.41, 5.74) is 3.81. The number of fused-ring (bicyclic) bond motifs is 1. The lowest BCUT2D eigenvalue weighted by atomic mass is 10.1. The maximum Gasteiger partial charge on any atom is 0.199 e. The van der Waals surface area contributed by atoms with Gasteiger partial charge in [-0.25, -0.2) is 0 Å². The van der Waals surface area contributed by atoms with Crippen LogP contribution < -0.4 is 0 Å². The highest BCUT2D eigenvalue weighted by molar-refractivity contribution is 7.71. The summed E-state index contributed by atoms with van der Waals surface area (Å²) in [7, 11) is 0. The van der Waals surface area contributed by atoms with Crippen LogP contribution in [0.3, 0.4) is 0 Å². The van der Waals surface area contributed by atoms with Crippen LogP contribution in [-0.4, -0.2) is 23.5 Å². The fourth-order valence-electron chi connectivity index (χ4n) is 2.45. The molecule has 0 spiro atoms. The van der Waals surface area contributed by atoms with Gasteiger partial charge in [0.15, 0.2) is 4.77 Å². The van der Waals surface area contributed by atoms with Crippen molar-refractivity contribution in [3.8, 4) is 5.69 Å². The van der Waals surface area contributed by atoms with Gasteiger partial charge in [0.25, 0.3) is 0 Å². The summed E-state index contributed by atoms with van der Waals surface area (Å²) in [6.07, 6.45) is 0.696. The van der Waals surface area contributed by atoms with Crippen LogP contribution >= 0.6 is 23.9 Å². The van der Waals surface area contributed by atoms with Crippen molar-refractivity contribution < 1.29 is 0 Å². The minimum atomic E-state index is 0.562. The lowest BCUT2D eigenvalue weighted by Crippen LogP contribution is -2.03. The molecule has 0 aliphatic rings. The van der Waals surface area contributed by atoms with Gasteiger partial charge in [0.05, 0.1) is 17.4 Å². The molecule has 7 heteroatoms. The standard InChI is InChI=1S/C15H11N5S2/c21-15-17-16-13(9-10-5-2-1-3-6-10)20(15)12-8-4-7-11-14(12)19-22-18-11/h1-8H,9H2,(H,17,21). The van der Waals surface area contributed by atoms with Crippen LogP contribution in [0.1, 0.15) is 11.4 Å². The minimum Gasteiger partial charge on any atom is -0.270 e. The van der Waals surface area contributed by atoms with E-state index in [1.807, 2.05) is 41.0 Å². The summed E-state index contributed by atoms with van der Waals surface area (Å²) in [6.45, 7) is 0. The number of benzene rings is 2. The monoisotopic (exact) mass is 325 g/mol. The normalized spacial score (nSPS) is 11.1. The molecule has 1 N–H and O–H groups in total. The van der Waals surface area contributed by atoms with Gasteiger partial charge < -0.3 is 0 Å². The molecule has 0 fully saturated rings. The van der Waals surface area contributed by atoms with E-state index in [-0.39, 0.29) is 0 Å². The number of nitrogens with one attached hydrogen (secondary N) is 1. The molecule has 0 bridgehead atoms. The Labute approximate surface area is 135 Å². The Morgan fingerprint density at radius 1 is 1.05 bits per heavy atom. The number of rotatable bonds is 3. The van der Waals surface area contributed by atoms with Gasteiger partial charge in [-0.3, -0.25) is 9.67 Å². The molecule has 0 aliphatic heterocycles. The van der Waals surface area contributed by atoms with E-state index in [2.05, 4.69) is 31.1 Å². The van der Waals surface area contributed by atoms with E-state index in [1.54, 1.807) is 0 Å². The number of hydrogen-bond acceptors (Lipinski definition) is 5. The van der Waals surface area contributed by atoms with E-state index in [9.17, 15) is 0 Å². The average Bonchev–Trinajstić information content (AvgIpc) is 3.15. The maximum absolute atomic E-state index is 5.41. The topological polar surface area (TPSA) is 59.4 Å². The second-order valence-corrected chi connectivity index (χ2v) is 5.77. The summed E-state index contributed by atoms with van der Waals surface area (Å²) in [6, 6.07) is 16.1. The van der Waals surface area contributed by atoms with Crippen molar-refractivity contribution in [2.24, 2.45) is 0 Å². The smallest absolute Gasteiger partial charge is 0.199 e. The Bertz CT molecular complexity index is 984. The molecule has 4 rings (SSSR count). The predicted molar refractivity (Wildman–Crippen MR) is 89.0 cm³/mol. The van der Waals surface area contributed by atoms with Gasteiger partial charge in [-0.1, -0.05) is 36.4 Å². The van der Waals surface area contributed by atoms with Gasteiger partial charge in [-0.15, -0.1) is 0 Å². The molecule has 4 aromatic rings. The van der Waals surface area contributed by atoms with Crippen molar-refractivity contribution in [3.63, 3.8) is 0 Å². The van der Waals surface area contributed by atoms with Crippen molar-refractivity contribution in [2.75, 3.05) is 0 Å². The van der Waals surface area contributed by atoms with E-state index in [4.69, 9.17) is 12.2 Å². The van der Waals surface area contributed by atoms with Crippen LogP contribution in [0.5, 0.6) is 0 Å². The summed E-state index contributed by atoms with van der Waals surface area (Å²) in [5, 5.41) is 7.26. The molecule has 2 aromatic carbocycles. The molecule has 0 saturated carbocycles. The third-order valence-corrected chi connectivity index (χ3v) is 4.27. The molecule has 22 heavy (non-hydrogen) atoms. The Morgan fingerprint density at radius 3 is 2.77 bits per heavy atom. The summed E-state index contributed by atoms with van der Waals surface area (Å²) < 4.78 is 11.2.